The van der Waals surface area contributed by atoms with E-state index >= 15 is 0 Å². The highest BCUT2D eigenvalue weighted by molar-refractivity contribution is 9.10. The van der Waals surface area contributed by atoms with Crippen LogP contribution in [0.4, 0.5) is 4.39 Å². The highest BCUT2D eigenvalue weighted by Gasteiger charge is 2.07. The van der Waals surface area contributed by atoms with E-state index in [4.69, 9.17) is 4.74 Å². The molecule has 0 aliphatic carbocycles. The number of benzene rings is 1. The third-order valence-electron chi connectivity index (χ3n) is 2.72. The number of nitrogens with zero attached hydrogens (tertiary/aromatic N) is 1. The van der Waals surface area contributed by atoms with Gasteiger partial charge < -0.3 is 10.1 Å². The van der Waals surface area contributed by atoms with Crippen molar-refractivity contribution >= 4 is 15.9 Å². The number of hydrogen-bond acceptors (Lipinski definition) is 3. The molecule has 1 heterocycles. The van der Waals surface area contributed by atoms with Crippen LogP contribution < -0.4 is 10.1 Å². The summed E-state index contributed by atoms with van der Waals surface area (Å²) in [6.45, 7) is 3.72. The lowest BCUT2D eigenvalue weighted by atomic mass is 10.2. The molecule has 0 radical (unpaired) electrons. The van der Waals surface area contributed by atoms with E-state index in [1.165, 1.54) is 6.07 Å². The van der Waals surface area contributed by atoms with Crippen molar-refractivity contribution in [3.05, 3.63) is 52.5 Å². The molecule has 2 aromatic rings. The summed E-state index contributed by atoms with van der Waals surface area (Å²) in [6.07, 6.45) is 4.48. The maximum atomic E-state index is 13.5. The first-order valence-electron chi connectivity index (χ1n) is 6.47. The Morgan fingerprint density at radius 3 is 2.95 bits per heavy atom. The van der Waals surface area contributed by atoms with Crippen LogP contribution in [0.5, 0.6) is 11.5 Å². The van der Waals surface area contributed by atoms with E-state index in [-0.39, 0.29) is 5.82 Å². The molecule has 1 aromatic heterocycles. The molecule has 2 rings (SSSR count). The average Bonchev–Trinajstić information content (AvgIpc) is 2.45. The zero-order valence-electron chi connectivity index (χ0n) is 11.2. The third kappa shape index (κ3) is 4.02. The molecule has 0 saturated heterocycles. The average molecular weight is 339 g/mol. The number of rotatable bonds is 6. The highest BCUT2D eigenvalue weighted by Crippen LogP contribution is 2.27. The van der Waals surface area contributed by atoms with Crippen molar-refractivity contribution in [1.29, 1.82) is 0 Å². The summed E-state index contributed by atoms with van der Waals surface area (Å²) in [5.74, 6) is 0.807. The van der Waals surface area contributed by atoms with Gasteiger partial charge in [-0.05, 0) is 47.1 Å². The number of hydrogen-bond donors (Lipinski definition) is 1. The number of halogens is 2. The molecular weight excluding hydrogens is 323 g/mol. The van der Waals surface area contributed by atoms with Crippen LogP contribution in [0, 0.1) is 5.82 Å². The van der Waals surface area contributed by atoms with Crippen LogP contribution >= 0.6 is 15.9 Å². The monoisotopic (exact) mass is 338 g/mol. The maximum Gasteiger partial charge on any atom is 0.141 e. The first-order chi connectivity index (χ1) is 9.70. The van der Waals surface area contributed by atoms with Crippen molar-refractivity contribution in [3.8, 4) is 11.5 Å². The molecule has 106 valence electrons. The predicted octanol–water partition coefficient (Wildman–Crippen LogP) is 4.28. The van der Waals surface area contributed by atoms with E-state index in [2.05, 4.69) is 33.2 Å². The molecular formula is C15H16BrFN2O. The van der Waals surface area contributed by atoms with Gasteiger partial charge in [0.1, 0.15) is 17.3 Å². The second kappa shape index (κ2) is 7.36. The fourth-order valence-electron chi connectivity index (χ4n) is 1.71. The molecule has 0 saturated carbocycles. The van der Waals surface area contributed by atoms with Crippen molar-refractivity contribution < 1.29 is 9.13 Å². The van der Waals surface area contributed by atoms with Crippen LogP contribution in [0.25, 0.3) is 0 Å². The molecule has 5 heteroatoms. The Bertz CT molecular complexity index is 578. The largest absolute Gasteiger partial charge is 0.457 e. The van der Waals surface area contributed by atoms with Gasteiger partial charge in [0, 0.05) is 30.6 Å². The number of ether oxygens (including phenoxy) is 1. The first-order valence-corrected chi connectivity index (χ1v) is 7.26. The molecule has 0 amide bonds. The molecule has 1 aromatic carbocycles. The van der Waals surface area contributed by atoms with Crippen LogP contribution in [-0.2, 0) is 6.54 Å². The Balaban J connectivity index is 2.13. The molecule has 0 fully saturated rings. The number of nitrogens with one attached hydrogen (secondary N) is 1. The molecule has 3 nitrogen and oxygen atoms in total. The number of aromatic nitrogens is 1. The van der Waals surface area contributed by atoms with E-state index in [9.17, 15) is 4.39 Å². The van der Waals surface area contributed by atoms with Gasteiger partial charge in [-0.25, -0.2) is 4.39 Å². The standard InChI is InChI=1S/C15H16BrFN2O/c1-2-6-18-9-11-10-19-7-5-15(11)20-12-3-4-13(16)14(17)8-12/h3-5,7-8,10,18H,2,6,9H2,1H3. The van der Waals surface area contributed by atoms with Gasteiger partial charge in [0.2, 0.25) is 0 Å². The van der Waals surface area contributed by atoms with Crippen LogP contribution in [-0.4, -0.2) is 11.5 Å². The minimum absolute atomic E-state index is 0.345. The van der Waals surface area contributed by atoms with Gasteiger partial charge in [0.05, 0.1) is 4.47 Å². The van der Waals surface area contributed by atoms with Gasteiger partial charge >= 0.3 is 0 Å². The second-order valence-electron chi connectivity index (χ2n) is 4.34. The molecule has 0 atom stereocenters. The summed E-state index contributed by atoms with van der Waals surface area (Å²) in [5, 5.41) is 3.30. The molecule has 0 aliphatic heterocycles. The van der Waals surface area contributed by atoms with Gasteiger partial charge in [0.25, 0.3) is 0 Å². The van der Waals surface area contributed by atoms with Crippen LogP contribution in [0.15, 0.2) is 41.1 Å². The summed E-state index contributed by atoms with van der Waals surface area (Å²) in [5.41, 5.74) is 0.948. The van der Waals surface area contributed by atoms with Gasteiger partial charge in [-0.3, -0.25) is 4.98 Å². The predicted molar refractivity (Wildman–Crippen MR) is 80.4 cm³/mol. The zero-order valence-corrected chi connectivity index (χ0v) is 12.8. The minimum Gasteiger partial charge on any atom is -0.457 e. The summed E-state index contributed by atoms with van der Waals surface area (Å²) in [4.78, 5) is 4.10. The minimum atomic E-state index is -0.345. The van der Waals surface area contributed by atoms with E-state index < -0.39 is 0 Å². The quantitative estimate of drug-likeness (QED) is 0.798. The van der Waals surface area contributed by atoms with Gasteiger partial charge in [0.15, 0.2) is 0 Å². The lowest BCUT2D eigenvalue weighted by Crippen LogP contribution is -2.14. The van der Waals surface area contributed by atoms with E-state index in [1.54, 1.807) is 30.6 Å². The van der Waals surface area contributed by atoms with Gasteiger partial charge in [-0.15, -0.1) is 0 Å². The summed E-state index contributed by atoms with van der Waals surface area (Å²) in [7, 11) is 0. The normalized spacial score (nSPS) is 10.6. The van der Waals surface area contributed by atoms with Crippen LogP contribution in [0.1, 0.15) is 18.9 Å². The fraction of sp³-hybridized carbons (Fsp3) is 0.267. The van der Waals surface area contributed by atoms with Crippen molar-refractivity contribution in [1.82, 2.24) is 10.3 Å². The molecule has 0 spiro atoms. The molecule has 1 N–H and O–H groups in total. The smallest absolute Gasteiger partial charge is 0.141 e. The fourth-order valence-corrected chi connectivity index (χ4v) is 1.96. The lowest BCUT2D eigenvalue weighted by molar-refractivity contribution is 0.466. The van der Waals surface area contributed by atoms with E-state index in [0.717, 1.165) is 18.5 Å². The zero-order chi connectivity index (χ0) is 14.4. The summed E-state index contributed by atoms with van der Waals surface area (Å²) in [6, 6.07) is 6.48. The van der Waals surface area contributed by atoms with Crippen LogP contribution in [0.3, 0.4) is 0 Å². The summed E-state index contributed by atoms with van der Waals surface area (Å²) >= 11 is 3.12. The Hall–Kier alpha value is -1.46. The molecule has 0 unspecified atom stereocenters. The Kier molecular flexibility index (Phi) is 5.49. The Labute approximate surface area is 126 Å². The SMILES string of the molecule is CCCNCc1cnccc1Oc1ccc(Br)c(F)c1. The summed E-state index contributed by atoms with van der Waals surface area (Å²) < 4.78 is 19.6. The van der Waals surface area contributed by atoms with Gasteiger partial charge in [-0.2, -0.15) is 0 Å². The molecule has 0 bridgehead atoms. The lowest BCUT2D eigenvalue weighted by Gasteiger charge is -2.11. The van der Waals surface area contributed by atoms with E-state index in [0.29, 0.717) is 22.5 Å². The van der Waals surface area contributed by atoms with Gasteiger partial charge in [-0.1, -0.05) is 6.92 Å². The van der Waals surface area contributed by atoms with Crippen molar-refractivity contribution in [2.75, 3.05) is 6.54 Å². The maximum absolute atomic E-state index is 13.5. The first kappa shape index (κ1) is 14.9. The molecule has 20 heavy (non-hydrogen) atoms. The topological polar surface area (TPSA) is 34.2 Å². The third-order valence-corrected chi connectivity index (χ3v) is 3.36. The Morgan fingerprint density at radius 2 is 2.20 bits per heavy atom. The van der Waals surface area contributed by atoms with Crippen LogP contribution in [0.2, 0.25) is 0 Å². The van der Waals surface area contributed by atoms with Crippen molar-refractivity contribution in [2.24, 2.45) is 0 Å². The molecule has 0 aliphatic rings. The van der Waals surface area contributed by atoms with Crippen molar-refractivity contribution in [2.45, 2.75) is 19.9 Å². The van der Waals surface area contributed by atoms with E-state index in [1.807, 2.05) is 0 Å². The Morgan fingerprint density at radius 1 is 1.35 bits per heavy atom. The van der Waals surface area contributed by atoms with Crippen molar-refractivity contribution in [3.63, 3.8) is 0 Å². The number of pyridine rings is 1. The highest BCUT2D eigenvalue weighted by atomic mass is 79.9. The second-order valence-corrected chi connectivity index (χ2v) is 5.19.